The van der Waals surface area contributed by atoms with Gasteiger partial charge < -0.3 is 0 Å². The average molecular weight is 237 g/mol. The van der Waals surface area contributed by atoms with Gasteiger partial charge in [0.1, 0.15) is 0 Å². The van der Waals surface area contributed by atoms with Gasteiger partial charge in [-0.05, 0) is 25.0 Å². The van der Waals surface area contributed by atoms with Gasteiger partial charge in [-0.2, -0.15) is 0 Å². The lowest BCUT2D eigenvalue weighted by atomic mass is 10.1. The van der Waals surface area contributed by atoms with Crippen molar-refractivity contribution in [3.8, 4) is 0 Å². The number of hydrogen-bond acceptors (Lipinski definition) is 2. The molecular formula is C14H23NS. The van der Waals surface area contributed by atoms with Crippen LogP contribution in [0.3, 0.4) is 0 Å². The van der Waals surface area contributed by atoms with Crippen molar-refractivity contribution in [3.63, 3.8) is 0 Å². The van der Waals surface area contributed by atoms with Gasteiger partial charge >= 0.3 is 0 Å². The van der Waals surface area contributed by atoms with Crippen molar-refractivity contribution >= 4 is 21.6 Å². The molecule has 0 fully saturated rings. The van der Waals surface area contributed by atoms with Gasteiger partial charge in [-0.25, -0.2) is 4.98 Å². The van der Waals surface area contributed by atoms with Crippen molar-refractivity contribution in [2.75, 3.05) is 0 Å². The van der Waals surface area contributed by atoms with Gasteiger partial charge in [-0.15, -0.1) is 11.3 Å². The Morgan fingerprint density at radius 1 is 1.06 bits per heavy atom. The Morgan fingerprint density at radius 2 is 1.56 bits per heavy atom. The fourth-order valence-corrected chi connectivity index (χ4v) is 2.05. The zero-order valence-electron chi connectivity index (χ0n) is 11.3. The van der Waals surface area contributed by atoms with E-state index in [2.05, 4.69) is 44.8 Å². The lowest BCUT2D eigenvalue weighted by molar-refractivity contribution is 1.09. The van der Waals surface area contributed by atoms with Crippen LogP contribution in [0.2, 0.25) is 0 Å². The lowest BCUT2D eigenvalue weighted by Crippen LogP contribution is -1.77. The standard InChI is InChI=1S/C9H9NS.C3H8.C2H6/c1-6-3-4-7(2)9-8(6)10-5-11-9;1-3-2;1-2/h3-5H,1-2H3;3H2,1-2H3;1-2H3. The van der Waals surface area contributed by atoms with E-state index in [1.165, 1.54) is 22.2 Å². The maximum Gasteiger partial charge on any atom is 0.0843 e. The first-order valence-corrected chi connectivity index (χ1v) is 6.88. The molecule has 0 unspecified atom stereocenters. The molecule has 2 rings (SSSR count). The van der Waals surface area contributed by atoms with Gasteiger partial charge in [0.25, 0.3) is 0 Å². The number of rotatable bonds is 0. The third-order valence-electron chi connectivity index (χ3n) is 1.88. The molecule has 0 aliphatic carbocycles. The normalized spacial score (nSPS) is 8.88. The third kappa shape index (κ3) is 3.93. The van der Waals surface area contributed by atoms with E-state index in [1.54, 1.807) is 11.3 Å². The quantitative estimate of drug-likeness (QED) is 0.601. The summed E-state index contributed by atoms with van der Waals surface area (Å²) in [6.07, 6.45) is 1.25. The third-order valence-corrected chi connectivity index (χ3v) is 2.84. The summed E-state index contributed by atoms with van der Waals surface area (Å²) >= 11 is 1.72. The number of aryl methyl sites for hydroxylation is 2. The Hall–Kier alpha value is -0.890. The maximum absolute atomic E-state index is 4.30. The predicted molar refractivity (Wildman–Crippen MR) is 76.4 cm³/mol. The largest absolute Gasteiger partial charge is 0.244 e. The number of thiazole rings is 1. The number of fused-ring (bicyclic) bond motifs is 1. The molecule has 0 saturated heterocycles. The molecule has 1 heterocycles. The number of aromatic nitrogens is 1. The van der Waals surface area contributed by atoms with Crippen molar-refractivity contribution in [2.24, 2.45) is 0 Å². The van der Waals surface area contributed by atoms with E-state index in [-0.39, 0.29) is 0 Å². The second kappa shape index (κ2) is 8.28. The highest BCUT2D eigenvalue weighted by Crippen LogP contribution is 2.24. The fraction of sp³-hybridized carbons (Fsp3) is 0.500. The topological polar surface area (TPSA) is 12.9 Å². The highest BCUT2D eigenvalue weighted by molar-refractivity contribution is 7.17. The van der Waals surface area contributed by atoms with Crippen LogP contribution >= 0.6 is 11.3 Å². The van der Waals surface area contributed by atoms with Crippen molar-refractivity contribution in [2.45, 2.75) is 48.0 Å². The summed E-state index contributed by atoms with van der Waals surface area (Å²) < 4.78 is 1.32. The van der Waals surface area contributed by atoms with Crippen LogP contribution in [-0.4, -0.2) is 4.98 Å². The van der Waals surface area contributed by atoms with Crippen LogP contribution in [0.25, 0.3) is 10.2 Å². The molecule has 0 radical (unpaired) electrons. The van der Waals surface area contributed by atoms with E-state index >= 15 is 0 Å². The van der Waals surface area contributed by atoms with Crippen molar-refractivity contribution in [1.82, 2.24) is 4.98 Å². The molecule has 0 aliphatic rings. The fourth-order valence-electron chi connectivity index (χ4n) is 1.21. The first-order valence-electron chi connectivity index (χ1n) is 6.00. The number of nitrogens with zero attached hydrogens (tertiary/aromatic N) is 1. The van der Waals surface area contributed by atoms with Crippen molar-refractivity contribution in [3.05, 3.63) is 28.8 Å². The Balaban J connectivity index is 0.000000394. The first-order chi connectivity index (χ1) is 7.70. The van der Waals surface area contributed by atoms with E-state index < -0.39 is 0 Å². The first kappa shape index (κ1) is 15.1. The molecule has 0 bridgehead atoms. The Labute approximate surface area is 104 Å². The summed E-state index contributed by atoms with van der Waals surface area (Å²) in [5, 5.41) is 0. The summed E-state index contributed by atoms with van der Waals surface area (Å²) in [5.74, 6) is 0. The van der Waals surface area contributed by atoms with E-state index in [9.17, 15) is 0 Å². The Morgan fingerprint density at radius 3 is 2.06 bits per heavy atom. The van der Waals surface area contributed by atoms with Gasteiger partial charge in [-0.1, -0.05) is 46.2 Å². The monoisotopic (exact) mass is 237 g/mol. The van der Waals surface area contributed by atoms with Crippen LogP contribution < -0.4 is 0 Å². The Kier molecular flexibility index (Phi) is 7.82. The van der Waals surface area contributed by atoms with Crippen LogP contribution in [0.15, 0.2) is 17.6 Å². The minimum Gasteiger partial charge on any atom is -0.244 e. The van der Waals surface area contributed by atoms with Crippen LogP contribution in [0, 0.1) is 13.8 Å². The van der Waals surface area contributed by atoms with Crippen LogP contribution in [0.5, 0.6) is 0 Å². The highest BCUT2D eigenvalue weighted by atomic mass is 32.1. The molecule has 1 nitrogen and oxygen atoms in total. The van der Waals surface area contributed by atoms with Crippen LogP contribution in [-0.2, 0) is 0 Å². The van der Waals surface area contributed by atoms with Crippen LogP contribution in [0.4, 0.5) is 0 Å². The lowest BCUT2D eigenvalue weighted by Gasteiger charge is -1.96. The SMILES string of the molecule is CC.CCC.Cc1ccc(C)c2scnc12. The summed E-state index contributed by atoms with van der Waals surface area (Å²) in [5.41, 5.74) is 5.67. The Bertz CT molecular complexity index is 368. The van der Waals surface area contributed by atoms with Gasteiger partial charge in [0, 0.05) is 0 Å². The summed E-state index contributed by atoms with van der Waals surface area (Å²) in [4.78, 5) is 4.30. The zero-order valence-corrected chi connectivity index (χ0v) is 12.1. The maximum atomic E-state index is 4.30. The van der Waals surface area contributed by atoms with Crippen molar-refractivity contribution < 1.29 is 0 Å². The number of benzene rings is 1. The van der Waals surface area contributed by atoms with E-state index in [0.717, 1.165) is 5.52 Å². The molecule has 16 heavy (non-hydrogen) atoms. The van der Waals surface area contributed by atoms with E-state index in [1.807, 2.05) is 19.4 Å². The average Bonchev–Trinajstić information content (AvgIpc) is 2.78. The minimum absolute atomic E-state index is 1.16. The molecule has 2 heteroatoms. The zero-order chi connectivity index (χ0) is 12.6. The van der Waals surface area contributed by atoms with Gasteiger partial charge in [0.05, 0.1) is 15.7 Å². The molecule has 0 amide bonds. The van der Waals surface area contributed by atoms with Gasteiger partial charge in [0.15, 0.2) is 0 Å². The molecule has 0 aliphatic heterocycles. The molecule has 0 atom stereocenters. The van der Waals surface area contributed by atoms with E-state index in [0.29, 0.717) is 0 Å². The van der Waals surface area contributed by atoms with Crippen LogP contribution in [0.1, 0.15) is 45.2 Å². The molecule has 1 aromatic heterocycles. The second-order valence-corrected chi connectivity index (χ2v) is 4.29. The molecule has 0 saturated carbocycles. The smallest absolute Gasteiger partial charge is 0.0843 e. The van der Waals surface area contributed by atoms with E-state index in [4.69, 9.17) is 0 Å². The molecular weight excluding hydrogens is 214 g/mol. The van der Waals surface area contributed by atoms with Crippen molar-refractivity contribution in [1.29, 1.82) is 0 Å². The summed E-state index contributed by atoms with van der Waals surface area (Å²) in [6.45, 7) is 12.5. The van der Waals surface area contributed by atoms with Gasteiger partial charge in [0.2, 0.25) is 0 Å². The molecule has 0 spiro atoms. The number of hydrogen-bond donors (Lipinski definition) is 0. The predicted octanol–water partition coefficient (Wildman–Crippen LogP) is 5.36. The molecule has 2 aromatic rings. The highest BCUT2D eigenvalue weighted by Gasteiger charge is 2.01. The minimum atomic E-state index is 1.16. The molecule has 1 aromatic carbocycles. The molecule has 0 N–H and O–H groups in total. The summed E-state index contributed by atoms with van der Waals surface area (Å²) in [6, 6.07) is 4.27. The van der Waals surface area contributed by atoms with Gasteiger partial charge in [-0.3, -0.25) is 0 Å². The summed E-state index contributed by atoms with van der Waals surface area (Å²) in [7, 11) is 0. The second-order valence-electron chi connectivity index (χ2n) is 3.44. The molecule has 90 valence electrons.